The Labute approximate surface area is 62.9 Å². The van der Waals surface area contributed by atoms with Gasteiger partial charge in [-0.2, -0.15) is 0 Å². The molecule has 2 fully saturated rings. The van der Waals surface area contributed by atoms with E-state index in [9.17, 15) is 9.59 Å². The number of guanidine groups is 1. The van der Waals surface area contributed by atoms with Crippen LogP contribution in [0.4, 0.5) is 0 Å². The number of nitrogens with one attached hydrogen (secondary N) is 2. The molecule has 2 rings (SSSR count). The van der Waals surface area contributed by atoms with Gasteiger partial charge in [-0.1, -0.05) is 0 Å². The summed E-state index contributed by atoms with van der Waals surface area (Å²) in [5, 5.41) is 9.51. The van der Waals surface area contributed by atoms with Gasteiger partial charge in [0, 0.05) is 6.42 Å². The maximum absolute atomic E-state index is 11.0. The van der Waals surface area contributed by atoms with Crippen LogP contribution in [0.1, 0.15) is 12.8 Å². The number of hydrogen-bond acceptors (Lipinski definition) is 3. The molecule has 2 amide bonds. The van der Waals surface area contributed by atoms with Crippen molar-refractivity contribution in [2.75, 3.05) is 0 Å². The number of carbonyl (C=O) groups excluding carboxylic acids is 2. The molecule has 0 bridgehead atoms. The molecule has 0 radical (unpaired) electrons. The Hall–Kier alpha value is -1.39. The predicted octanol–water partition coefficient (Wildman–Crippen LogP) is -0.958. The minimum atomic E-state index is -0.394. The van der Waals surface area contributed by atoms with Crippen molar-refractivity contribution in [3.8, 4) is 0 Å². The summed E-state index contributed by atoms with van der Waals surface area (Å²) in [5.74, 6) is -0.415. The molecule has 0 aromatic heterocycles. The summed E-state index contributed by atoms with van der Waals surface area (Å²) in [6.45, 7) is 0. The Bertz CT molecular complexity index is 259. The topological polar surface area (TPSA) is 73.3 Å². The Morgan fingerprint density at radius 3 is 2.91 bits per heavy atom. The Morgan fingerprint density at radius 1 is 1.55 bits per heavy atom. The van der Waals surface area contributed by atoms with E-state index in [2.05, 4.69) is 5.32 Å². The van der Waals surface area contributed by atoms with Gasteiger partial charge in [-0.15, -0.1) is 0 Å². The molecule has 5 nitrogen and oxygen atoms in total. The maximum Gasteiger partial charge on any atom is 0.249 e. The second kappa shape index (κ2) is 1.81. The second-order valence-corrected chi connectivity index (χ2v) is 2.66. The van der Waals surface area contributed by atoms with Crippen LogP contribution >= 0.6 is 0 Å². The summed E-state index contributed by atoms with van der Waals surface area (Å²) in [6.07, 6.45) is 0.938. The fraction of sp³-hybridized carbons (Fsp3) is 0.500. The molecule has 2 saturated heterocycles. The lowest BCUT2D eigenvalue weighted by molar-refractivity contribution is -0.128. The number of amides is 2. The minimum absolute atomic E-state index is 0.0671. The molecule has 1 atom stereocenters. The molecule has 0 saturated carbocycles. The first-order valence-electron chi connectivity index (χ1n) is 3.41. The van der Waals surface area contributed by atoms with Crippen LogP contribution in [-0.4, -0.2) is 28.7 Å². The van der Waals surface area contributed by atoms with Gasteiger partial charge in [-0.25, -0.2) is 0 Å². The van der Waals surface area contributed by atoms with E-state index in [1.807, 2.05) is 0 Å². The van der Waals surface area contributed by atoms with E-state index in [0.717, 1.165) is 0 Å². The zero-order chi connectivity index (χ0) is 8.01. The quantitative estimate of drug-likeness (QED) is 0.470. The van der Waals surface area contributed by atoms with E-state index in [4.69, 9.17) is 5.41 Å². The van der Waals surface area contributed by atoms with Crippen molar-refractivity contribution in [1.82, 2.24) is 10.2 Å². The lowest BCUT2D eigenvalue weighted by Gasteiger charge is -2.09. The lowest BCUT2D eigenvalue weighted by Crippen LogP contribution is -2.33. The van der Waals surface area contributed by atoms with Crippen molar-refractivity contribution in [3.63, 3.8) is 0 Å². The average Bonchev–Trinajstić information content (AvgIpc) is 2.41. The molecule has 58 valence electrons. The third-order valence-electron chi connectivity index (χ3n) is 2.00. The fourth-order valence-corrected chi connectivity index (χ4v) is 1.47. The van der Waals surface area contributed by atoms with Gasteiger partial charge in [-0.3, -0.25) is 25.2 Å². The van der Waals surface area contributed by atoms with Crippen LogP contribution < -0.4 is 5.32 Å². The molecule has 0 aliphatic carbocycles. The zero-order valence-corrected chi connectivity index (χ0v) is 5.76. The first-order chi connectivity index (χ1) is 5.20. The van der Waals surface area contributed by atoms with Gasteiger partial charge in [-0.05, 0) is 6.42 Å². The van der Waals surface area contributed by atoms with E-state index in [-0.39, 0.29) is 17.8 Å². The van der Waals surface area contributed by atoms with E-state index >= 15 is 0 Å². The molecular weight excluding hydrogens is 146 g/mol. The van der Waals surface area contributed by atoms with Crippen LogP contribution in [0, 0.1) is 5.41 Å². The van der Waals surface area contributed by atoms with Gasteiger partial charge in [0.2, 0.25) is 17.8 Å². The third kappa shape index (κ3) is 0.675. The fourth-order valence-electron chi connectivity index (χ4n) is 1.47. The van der Waals surface area contributed by atoms with Gasteiger partial charge in [0.15, 0.2) is 0 Å². The predicted molar refractivity (Wildman–Crippen MR) is 35.7 cm³/mol. The summed E-state index contributed by atoms with van der Waals surface area (Å²) >= 11 is 0. The highest BCUT2D eigenvalue weighted by molar-refractivity contribution is 6.14. The number of hydrogen-bond donors (Lipinski definition) is 2. The number of rotatable bonds is 0. The van der Waals surface area contributed by atoms with Crippen LogP contribution in [0.25, 0.3) is 0 Å². The Balaban J connectivity index is 2.35. The molecule has 0 spiro atoms. The Morgan fingerprint density at radius 2 is 2.27 bits per heavy atom. The van der Waals surface area contributed by atoms with Crippen molar-refractivity contribution in [3.05, 3.63) is 0 Å². The van der Waals surface area contributed by atoms with Crippen molar-refractivity contribution in [1.29, 1.82) is 5.41 Å². The number of nitrogens with zero attached hydrogens (tertiary/aromatic N) is 1. The average molecular weight is 153 g/mol. The normalized spacial score (nSPS) is 29.3. The van der Waals surface area contributed by atoms with Gasteiger partial charge in [0.1, 0.15) is 6.04 Å². The third-order valence-corrected chi connectivity index (χ3v) is 2.00. The summed E-state index contributed by atoms with van der Waals surface area (Å²) in [7, 11) is 0. The standard InChI is InChI=1S/C6H7N3O2/c7-6-8-5(11)3-1-2-4(10)9(3)6/h3H,1-2H2,(H2,7,8,11). The molecular formula is C6H7N3O2. The van der Waals surface area contributed by atoms with Crippen LogP contribution in [0.2, 0.25) is 0 Å². The largest absolute Gasteiger partial charge is 0.295 e. The Kier molecular flexibility index (Phi) is 1.04. The van der Waals surface area contributed by atoms with Crippen LogP contribution in [0.3, 0.4) is 0 Å². The molecule has 0 aromatic carbocycles. The molecule has 2 aliphatic heterocycles. The van der Waals surface area contributed by atoms with E-state index in [1.165, 1.54) is 4.90 Å². The van der Waals surface area contributed by atoms with E-state index in [1.54, 1.807) is 0 Å². The molecule has 2 heterocycles. The maximum atomic E-state index is 11.0. The smallest absolute Gasteiger partial charge is 0.249 e. The van der Waals surface area contributed by atoms with Gasteiger partial charge in [0.25, 0.3) is 0 Å². The van der Waals surface area contributed by atoms with Crippen molar-refractivity contribution >= 4 is 17.8 Å². The molecule has 1 unspecified atom stereocenters. The highest BCUT2D eigenvalue weighted by Gasteiger charge is 2.44. The first-order valence-corrected chi connectivity index (χ1v) is 3.41. The van der Waals surface area contributed by atoms with Crippen molar-refractivity contribution in [2.24, 2.45) is 0 Å². The molecule has 2 N–H and O–H groups in total. The van der Waals surface area contributed by atoms with Crippen molar-refractivity contribution in [2.45, 2.75) is 18.9 Å². The summed E-state index contributed by atoms with van der Waals surface area (Å²) in [4.78, 5) is 23.2. The molecule has 0 aromatic rings. The SMILES string of the molecule is N=C1NC(=O)C2CCC(=O)N12. The van der Waals surface area contributed by atoms with Gasteiger partial charge >= 0.3 is 0 Å². The van der Waals surface area contributed by atoms with E-state index < -0.39 is 6.04 Å². The highest BCUT2D eigenvalue weighted by atomic mass is 16.2. The number of fused-ring (bicyclic) bond motifs is 1. The van der Waals surface area contributed by atoms with Gasteiger partial charge in [0.05, 0.1) is 0 Å². The molecule has 11 heavy (non-hydrogen) atoms. The summed E-state index contributed by atoms with van der Waals surface area (Å²) < 4.78 is 0. The highest BCUT2D eigenvalue weighted by Crippen LogP contribution is 2.22. The lowest BCUT2D eigenvalue weighted by atomic mass is 10.2. The van der Waals surface area contributed by atoms with Gasteiger partial charge < -0.3 is 0 Å². The van der Waals surface area contributed by atoms with Crippen LogP contribution in [0.5, 0.6) is 0 Å². The molecule has 5 heteroatoms. The zero-order valence-electron chi connectivity index (χ0n) is 5.76. The van der Waals surface area contributed by atoms with Crippen LogP contribution in [-0.2, 0) is 9.59 Å². The first kappa shape index (κ1) is 6.33. The second-order valence-electron chi connectivity index (χ2n) is 2.66. The minimum Gasteiger partial charge on any atom is -0.295 e. The monoisotopic (exact) mass is 153 g/mol. The summed E-state index contributed by atoms with van der Waals surface area (Å²) in [6, 6.07) is -0.394. The van der Waals surface area contributed by atoms with Crippen LogP contribution in [0.15, 0.2) is 0 Å². The van der Waals surface area contributed by atoms with Crippen molar-refractivity contribution < 1.29 is 9.59 Å². The molecule has 2 aliphatic rings. The van der Waals surface area contributed by atoms with E-state index in [0.29, 0.717) is 12.8 Å². The number of carbonyl (C=O) groups is 2. The summed E-state index contributed by atoms with van der Waals surface area (Å²) in [5.41, 5.74) is 0.